The molecular weight excluding hydrogens is 316 g/mol. The molecule has 0 spiro atoms. The Kier molecular flexibility index (Phi) is 12.1. The summed E-state index contributed by atoms with van der Waals surface area (Å²) in [5.74, 6) is 0.646. The molecule has 0 aromatic carbocycles. The Morgan fingerprint density at radius 1 is 0.960 bits per heavy atom. The highest BCUT2D eigenvalue weighted by Gasteiger charge is 2.16. The predicted molar refractivity (Wildman–Crippen MR) is 100 cm³/mol. The van der Waals surface area contributed by atoms with Gasteiger partial charge in [0.05, 0.1) is 0 Å². The van der Waals surface area contributed by atoms with E-state index in [1.165, 1.54) is 51.4 Å². The SMILES string of the molecule is C=CCOC(=O)CCC1CCCCC1.CCC(=O)OC1CCCCC1. The van der Waals surface area contributed by atoms with Gasteiger partial charge in [-0.1, -0.05) is 58.1 Å². The van der Waals surface area contributed by atoms with E-state index in [-0.39, 0.29) is 18.0 Å². The third-order valence-electron chi connectivity index (χ3n) is 4.98. The van der Waals surface area contributed by atoms with Crippen LogP contribution >= 0.6 is 0 Å². The second kappa shape index (κ2) is 13.9. The standard InChI is InChI=1S/C12H20O2.C9H16O2/c1-2-10-14-12(13)9-8-11-6-4-3-5-7-11;1-2-9(10)11-8-6-4-3-5-7-8/h2,11H,1,3-10H2;8H,2-7H2,1H3. The second-order valence-electron chi connectivity index (χ2n) is 7.12. The molecule has 2 rings (SSSR count). The van der Waals surface area contributed by atoms with E-state index in [4.69, 9.17) is 9.47 Å². The maximum absolute atomic E-state index is 11.2. The molecule has 0 N–H and O–H groups in total. The van der Waals surface area contributed by atoms with Gasteiger partial charge in [-0.15, -0.1) is 0 Å². The van der Waals surface area contributed by atoms with E-state index in [1.54, 1.807) is 6.08 Å². The van der Waals surface area contributed by atoms with Crippen LogP contribution in [-0.4, -0.2) is 24.6 Å². The minimum Gasteiger partial charge on any atom is -0.462 e. The Bertz CT molecular complexity index is 379. The smallest absolute Gasteiger partial charge is 0.306 e. The summed E-state index contributed by atoms with van der Waals surface area (Å²) in [6.07, 6.45) is 16.5. The highest BCUT2D eigenvalue weighted by molar-refractivity contribution is 5.69. The van der Waals surface area contributed by atoms with Crippen molar-refractivity contribution in [3.8, 4) is 0 Å². The number of ether oxygens (including phenoxy) is 2. The van der Waals surface area contributed by atoms with Crippen LogP contribution in [0, 0.1) is 5.92 Å². The fraction of sp³-hybridized carbons (Fsp3) is 0.810. The lowest BCUT2D eigenvalue weighted by Gasteiger charge is -2.21. The quantitative estimate of drug-likeness (QED) is 0.458. The first-order chi connectivity index (χ1) is 12.2. The minimum absolute atomic E-state index is 0.0445. The van der Waals surface area contributed by atoms with E-state index in [0.717, 1.165) is 25.2 Å². The summed E-state index contributed by atoms with van der Waals surface area (Å²) in [5, 5.41) is 0. The fourth-order valence-electron chi connectivity index (χ4n) is 3.47. The molecule has 4 nitrogen and oxygen atoms in total. The molecule has 0 heterocycles. The van der Waals surface area contributed by atoms with Crippen LogP contribution < -0.4 is 0 Å². The first-order valence-corrected chi connectivity index (χ1v) is 10.1. The Morgan fingerprint density at radius 3 is 2.12 bits per heavy atom. The molecule has 0 aromatic rings. The second-order valence-corrected chi connectivity index (χ2v) is 7.12. The third-order valence-corrected chi connectivity index (χ3v) is 4.98. The fourth-order valence-corrected chi connectivity index (χ4v) is 3.47. The van der Waals surface area contributed by atoms with Crippen molar-refractivity contribution in [1.29, 1.82) is 0 Å². The van der Waals surface area contributed by atoms with Gasteiger partial charge in [-0.3, -0.25) is 9.59 Å². The molecule has 0 atom stereocenters. The normalized spacial score (nSPS) is 18.6. The highest BCUT2D eigenvalue weighted by atomic mass is 16.5. The summed E-state index contributed by atoms with van der Waals surface area (Å²) in [6.45, 7) is 5.69. The van der Waals surface area contributed by atoms with Gasteiger partial charge in [-0.25, -0.2) is 0 Å². The summed E-state index contributed by atoms with van der Waals surface area (Å²) in [4.78, 5) is 22.0. The molecule has 0 aliphatic heterocycles. The van der Waals surface area contributed by atoms with Crippen molar-refractivity contribution < 1.29 is 19.1 Å². The molecule has 144 valence electrons. The van der Waals surface area contributed by atoms with Crippen molar-refractivity contribution in [2.24, 2.45) is 5.92 Å². The number of hydrogen-bond acceptors (Lipinski definition) is 4. The zero-order valence-electron chi connectivity index (χ0n) is 16.0. The predicted octanol–water partition coefficient (Wildman–Crippen LogP) is 5.35. The van der Waals surface area contributed by atoms with Crippen molar-refractivity contribution in [1.82, 2.24) is 0 Å². The van der Waals surface area contributed by atoms with Crippen LogP contribution in [0.3, 0.4) is 0 Å². The number of carbonyl (C=O) groups excluding carboxylic acids is 2. The molecule has 4 heteroatoms. The first-order valence-electron chi connectivity index (χ1n) is 10.1. The van der Waals surface area contributed by atoms with Crippen LogP contribution in [0.4, 0.5) is 0 Å². The summed E-state index contributed by atoms with van der Waals surface area (Å²) < 4.78 is 10.1. The molecule has 2 aliphatic carbocycles. The van der Waals surface area contributed by atoms with Gasteiger partial charge in [0, 0.05) is 12.8 Å². The number of carbonyl (C=O) groups is 2. The van der Waals surface area contributed by atoms with E-state index >= 15 is 0 Å². The molecule has 2 saturated carbocycles. The van der Waals surface area contributed by atoms with Gasteiger partial charge < -0.3 is 9.47 Å². The lowest BCUT2D eigenvalue weighted by Crippen LogP contribution is -2.20. The van der Waals surface area contributed by atoms with Crippen molar-refractivity contribution in [3.63, 3.8) is 0 Å². The molecule has 2 fully saturated rings. The summed E-state index contributed by atoms with van der Waals surface area (Å²) in [7, 11) is 0. The first kappa shape index (κ1) is 21.7. The van der Waals surface area contributed by atoms with Crippen molar-refractivity contribution in [3.05, 3.63) is 12.7 Å². The average Bonchev–Trinajstić information content (AvgIpc) is 2.66. The Balaban J connectivity index is 0.000000257. The van der Waals surface area contributed by atoms with Crippen LogP contribution in [0.5, 0.6) is 0 Å². The summed E-state index contributed by atoms with van der Waals surface area (Å²) in [6, 6.07) is 0. The van der Waals surface area contributed by atoms with Crippen LogP contribution in [0.2, 0.25) is 0 Å². The number of hydrogen-bond donors (Lipinski definition) is 0. The Labute approximate surface area is 153 Å². The largest absolute Gasteiger partial charge is 0.462 e. The molecule has 0 unspecified atom stereocenters. The summed E-state index contributed by atoms with van der Waals surface area (Å²) >= 11 is 0. The van der Waals surface area contributed by atoms with Gasteiger partial charge in [0.25, 0.3) is 0 Å². The van der Waals surface area contributed by atoms with Crippen molar-refractivity contribution in [2.45, 2.75) is 96.5 Å². The van der Waals surface area contributed by atoms with Crippen molar-refractivity contribution in [2.75, 3.05) is 6.61 Å². The molecule has 0 aromatic heterocycles. The topological polar surface area (TPSA) is 52.6 Å². The zero-order valence-corrected chi connectivity index (χ0v) is 16.0. The molecular formula is C21H36O4. The highest BCUT2D eigenvalue weighted by Crippen LogP contribution is 2.27. The number of esters is 2. The monoisotopic (exact) mass is 352 g/mol. The minimum atomic E-state index is -0.0736. The lowest BCUT2D eigenvalue weighted by molar-refractivity contribution is -0.150. The van der Waals surface area contributed by atoms with E-state index in [9.17, 15) is 9.59 Å². The molecule has 0 amide bonds. The van der Waals surface area contributed by atoms with E-state index in [1.807, 2.05) is 6.92 Å². The van der Waals surface area contributed by atoms with Crippen LogP contribution in [0.1, 0.15) is 90.4 Å². The van der Waals surface area contributed by atoms with Gasteiger partial charge in [-0.05, 0) is 38.0 Å². The third kappa shape index (κ3) is 11.0. The van der Waals surface area contributed by atoms with Gasteiger partial charge in [0.2, 0.25) is 0 Å². The summed E-state index contributed by atoms with van der Waals surface area (Å²) in [5.41, 5.74) is 0. The van der Waals surface area contributed by atoms with Gasteiger partial charge >= 0.3 is 11.9 Å². The van der Waals surface area contributed by atoms with Gasteiger partial charge in [0.15, 0.2) is 0 Å². The van der Waals surface area contributed by atoms with E-state index in [2.05, 4.69) is 6.58 Å². The molecule has 0 bridgehead atoms. The van der Waals surface area contributed by atoms with Crippen LogP contribution in [0.15, 0.2) is 12.7 Å². The lowest BCUT2D eigenvalue weighted by atomic mass is 9.86. The van der Waals surface area contributed by atoms with E-state index in [0.29, 0.717) is 19.4 Å². The Hall–Kier alpha value is -1.32. The molecule has 0 radical (unpaired) electrons. The average molecular weight is 353 g/mol. The van der Waals surface area contributed by atoms with Gasteiger partial charge in [-0.2, -0.15) is 0 Å². The molecule has 25 heavy (non-hydrogen) atoms. The maximum atomic E-state index is 11.2. The van der Waals surface area contributed by atoms with Crippen LogP contribution in [-0.2, 0) is 19.1 Å². The van der Waals surface area contributed by atoms with Crippen LogP contribution in [0.25, 0.3) is 0 Å². The molecule has 2 aliphatic rings. The number of rotatable bonds is 7. The molecule has 0 saturated heterocycles. The zero-order chi connectivity index (χ0) is 18.3. The van der Waals surface area contributed by atoms with E-state index < -0.39 is 0 Å². The maximum Gasteiger partial charge on any atom is 0.306 e. The Morgan fingerprint density at radius 2 is 1.56 bits per heavy atom. The van der Waals surface area contributed by atoms with Gasteiger partial charge in [0.1, 0.15) is 12.7 Å². The van der Waals surface area contributed by atoms with Crippen molar-refractivity contribution >= 4 is 11.9 Å².